The van der Waals surface area contributed by atoms with Crippen LogP contribution in [0.1, 0.15) is 12.2 Å². The highest BCUT2D eigenvalue weighted by Gasteiger charge is 2.27. The number of nitrogens with zero attached hydrogens (tertiary/aromatic N) is 2. The topological polar surface area (TPSA) is 50.8 Å². The number of methoxy groups -OCH3 is 1. The molecule has 0 fully saturated rings. The Morgan fingerprint density at radius 2 is 2.06 bits per heavy atom. The second-order valence-corrected chi connectivity index (χ2v) is 3.52. The van der Waals surface area contributed by atoms with Crippen molar-refractivity contribution in [1.29, 1.82) is 0 Å². The van der Waals surface area contributed by atoms with E-state index in [-0.39, 0.29) is 12.2 Å². The minimum absolute atomic E-state index is 0.178. The van der Waals surface area contributed by atoms with Crippen LogP contribution in [0.25, 0.3) is 11.2 Å². The predicted molar refractivity (Wildman–Crippen MR) is 54.8 cm³/mol. The van der Waals surface area contributed by atoms with Crippen LogP contribution in [-0.4, -0.2) is 28.2 Å². The number of hydrogen-bond acceptors (Lipinski definition) is 3. The Balaban J connectivity index is 2.20. The van der Waals surface area contributed by atoms with Crippen molar-refractivity contribution in [2.45, 2.75) is 19.0 Å². The van der Waals surface area contributed by atoms with E-state index < -0.39 is 12.6 Å². The molecule has 0 unspecified atom stereocenters. The third kappa shape index (κ3) is 2.86. The fourth-order valence-corrected chi connectivity index (χ4v) is 1.42. The fourth-order valence-electron chi connectivity index (χ4n) is 1.42. The average Bonchev–Trinajstić information content (AvgIpc) is 2.66. The maximum Gasteiger partial charge on any atom is 0.389 e. The number of hydrogen-bond donors (Lipinski definition) is 1. The highest BCUT2D eigenvalue weighted by Crippen LogP contribution is 2.22. The molecule has 0 radical (unpaired) electrons. The molecule has 0 saturated carbocycles. The van der Waals surface area contributed by atoms with Crippen LogP contribution in [0, 0.1) is 0 Å². The first-order chi connectivity index (χ1) is 7.98. The zero-order valence-electron chi connectivity index (χ0n) is 9.01. The fraction of sp³-hybridized carbons (Fsp3) is 0.400. The molecule has 0 aliphatic heterocycles. The number of rotatable bonds is 3. The highest BCUT2D eigenvalue weighted by molar-refractivity contribution is 5.71. The Bertz CT molecular complexity index is 521. The van der Waals surface area contributed by atoms with E-state index in [1.807, 2.05) is 0 Å². The predicted octanol–water partition coefficient (Wildman–Crippen LogP) is 2.46. The number of H-pyrrole nitrogens is 1. The van der Waals surface area contributed by atoms with Crippen LogP contribution in [-0.2, 0) is 6.42 Å². The molecule has 0 spiro atoms. The molecule has 0 aromatic carbocycles. The van der Waals surface area contributed by atoms with E-state index in [4.69, 9.17) is 4.74 Å². The summed E-state index contributed by atoms with van der Waals surface area (Å²) in [4.78, 5) is 10.8. The monoisotopic (exact) mass is 245 g/mol. The van der Waals surface area contributed by atoms with E-state index in [1.54, 1.807) is 12.1 Å². The summed E-state index contributed by atoms with van der Waals surface area (Å²) in [6, 6.07) is 3.29. The number of aromatic nitrogens is 3. The van der Waals surface area contributed by atoms with Crippen molar-refractivity contribution in [3.8, 4) is 5.88 Å². The van der Waals surface area contributed by atoms with Gasteiger partial charge in [0, 0.05) is 12.5 Å². The SMILES string of the molecule is COc1ccc2[nH]c(CCC(F)(F)F)nc2n1. The largest absolute Gasteiger partial charge is 0.481 e. The smallest absolute Gasteiger partial charge is 0.389 e. The van der Waals surface area contributed by atoms with E-state index in [9.17, 15) is 13.2 Å². The first kappa shape index (κ1) is 11.7. The summed E-state index contributed by atoms with van der Waals surface area (Å²) < 4.78 is 41.0. The van der Waals surface area contributed by atoms with Gasteiger partial charge < -0.3 is 9.72 Å². The molecule has 0 amide bonds. The Kier molecular flexibility index (Phi) is 2.91. The Morgan fingerprint density at radius 3 is 2.71 bits per heavy atom. The van der Waals surface area contributed by atoms with Gasteiger partial charge in [-0.25, -0.2) is 4.98 Å². The lowest BCUT2D eigenvalue weighted by molar-refractivity contribution is -0.134. The van der Waals surface area contributed by atoms with E-state index in [0.717, 1.165) is 0 Å². The molecule has 2 rings (SSSR count). The number of fused-ring (bicyclic) bond motifs is 1. The second-order valence-electron chi connectivity index (χ2n) is 3.52. The average molecular weight is 245 g/mol. The number of aromatic amines is 1. The zero-order valence-corrected chi connectivity index (χ0v) is 9.01. The molecule has 0 aliphatic carbocycles. The van der Waals surface area contributed by atoms with Gasteiger partial charge >= 0.3 is 6.18 Å². The van der Waals surface area contributed by atoms with E-state index in [1.165, 1.54) is 7.11 Å². The lowest BCUT2D eigenvalue weighted by Gasteiger charge is -2.02. The molecule has 17 heavy (non-hydrogen) atoms. The third-order valence-electron chi connectivity index (χ3n) is 2.22. The van der Waals surface area contributed by atoms with Crippen molar-refractivity contribution in [3.63, 3.8) is 0 Å². The van der Waals surface area contributed by atoms with Gasteiger partial charge in [-0.1, -0.05) is 0 Å². The van der Waals surface area contributed by atoms with Crippen LogP contribution in [0.4, 0.5) is 13.2 Å². The highest BCUT2D eigenvalue weighted by atomic mass is 19.4. The van der Waals surface area contributed by atoms with Crippen molar-refractivity contribution < 1.29 is 17.9 Å². The van der Waals surface area contributed by atoms with Gasteiger partial charge in [-0.15, -0.1) is 0 Å². The molecule has 2 aromatic rings. The molecule has 2 aromatic heterocycles. The minimum Gasteiger partial charge on any atom is -0.481 e. The first-order valence-electron chi connectivity index (χ1n) is 4.94. The number of aryl methyl sites for hydroxylation is 1. The summed E-state index contributed by atoms with van der Waals surface area (Å²) in [5, 5.41) is 0. The van der Waals surface area contributed by atoms with Gasteiger partial charge in [-0.2, -0.15) is 18.2 Å². The molecular formula is C10H10F3N3O. The van der Waals surface area contributed by atoms with Gasteiger partial charge in [0.25, 0.3) is 0 Å². The van der Waals surface area contributed by atoms with Gasteiger partial charge in [0.2, 0.25) is 5.88 Å². The summed E-state index contributed by atoms with van der Waals surface area (Å²) in [5.74, 6) is 0.657. The lowest BCUT2D eigenvalue weighted by atomic mass is 10.3. The van der Waals surface area contributed by atoms with Crippen molar-refractivity contribution in [3.05, 3.63) is 18.0 Å². The number of ether oxygens (including phenoxy) is 1. The van der Waals surface area contributed by atoms with Crippen molar-refractivity contribution >= 4 is 11.2 Å². The zero-order chi connectivity index (χ0) is 12.5. The van der Waals surface area contributed by atoms with Crippen LogP contribution in [0.3, 0.4) is 0 Å². The molecule has 92 valence electrons. The molecule has 4 nitrogen and oxygen atoms in total. The molecule has 0 saturated heterocycles. The van der Waals surface area contributed by atoms with E-state index in [0.29, 0.717) is 17.0 Å². The Labute approximate surface area is 94.8 Å². The molecular weight excluding hydrogens is 235 g/mol. The van der Waals surface area contributed by atoms with Crippen molar-refractivity contribution in [1.82, 2.24) is 15.0 Å². The van der Waals surface area contributed by atoms with Crippen LogP contribution in [0.15, 0.2) is 12.1 Å². The molecule has 7 heteroatoms. The minimum atomic E-state index is -4.18. The summed E-state index contributed by atoms with van der Waals surface area (Å²) in [6.07, 6.45) is -5.25. The lowest BCUT2D eigenvalue weighted by Crippen LogP contribution is -2.09. The first-order valence-corrected chi connectivity index (χ1v) is 4.94. The summed E-state index contributed by atoms with van der Waals surface area (Å²) in [5.41, 5.74) is 0.962. The van der Waals surface area contributed by atoms with Crippen LogP contribution < -0.4 is 4.74 Å². The molecule has 2 heterocycles. The number of alkyl halides is 3. The van der Waals surface area contributed by atoms with Crippen molar-refractivity contribution in [2.24, 2.45) is 0 Å². The van der Waals surface area contributed by atoms with Crippen LogP contribution in [0.2, 0.25) is 0 Å². The van der Waals surface area contributed by atoms with E-state index >= 15 is 0 Å². The summed E-state index contributed by atoms with van der Waals surface area (Å²) in [7, 11) is 1.46. The summed E-state index contributed by atoms with van der Waals surface area (Å²) in [6.45, 7) is 0. The van der Waals surface area contributed by atoms with Crippen LogP contribution >= 0.6 is 0 Å². The Morgan fingerprint density at radius 1 is 1.29 bits per heavy atom. The molecule has 0 atom stereocenters. The quantitative estimate of drug-likeness (QED) is 0.903. The molecule has 0 bridgehead atoms. The molecule has 1 N–H and O–H groups in total. The van der Waals surface area contributed by atoms with E-state index in [2.05, 4.69) is 15.0 Å². The van der Waals surface area contributed by atoms with Gasteiger partial charge in [0.15, 0.2) is 5.65 Å². The van der Waals surface area contributed by atoms with Gasteiger partial charge in [0.1, 0.15) is 5.82 Å². The number of halogens is 3. The molecule has 0 aliphatic rings. The standard InChI is InChI=1S/C10H10F3N3O/c1-17-8-3-2-6-9(16-8)15-7(14-6)4-5-10(11,12)13/h2-3H,4-5H2,1H3,(H,14,15,16). The number of imidazole rings is 1. The number of nitrogens with one attached hydrogen (secondary N) is 1. The maximum atomic E-state index is 12.0. The summed E-state index contributed by atoms with van der Waals surface area (Å²) >= 11 is 0. The third-order valence-corrected chi connectivity index (χ3v) is 2.22. The normalized spacial score (nSPS) is 12.0. The Hall–Kier alpha value is -1.79. The van der Waals surface area contributed by atoms with Gasteiger partial charge in [-0.05, 0) is 6.07 Å². The maximum absolute atomic E-state index is 12.0. The van der Waals surface area contributed by atoms with Crippen molar-refractivity contribution in [2.75, 3.05) is 7.11 Å². The van der Waals surface area contributed by atoms with Gasteiger partial charge in [-0.3, -0.25) is 0 Å². The number of pyridine rings is 1. The second kappa shape index (κ2) is 4.23. The van der Waals surface area contributed by atoms with Crippen LogP contribution in [0.5, 0.6) is 5.88 Å². The van der Waals surface area contributed by atoms with Gasteiger partial charge in [0.05, 0.1) is 19.0 Å².